The summed E-state index contributed by atoms with van der Waals surface area (Å²) < 4.78 is 0. The first kappa shape index (κ1) is 15.0. The normalized spacial score (nSPS) is 14.9. The molecule has 0 fully saturated rings. The Morgan fingerprint density at radius 2 is 2.25 bits per heavy atom. The second-order valence-corrected chi connectivity index (χ2v) is 6.83. The van der Waals surface area contributed by atoms with E-state index in [1.165, 1.54) is 4.88 Å². The van der Waals surface area contributed by atoms with Gasteiger partial charge in [0.05, 0.1) is 11.5 Å². The topological polar surface area (TPSA) is 78.9 Å². The van der Waals surface area contributed by atoms with Crippen molar-refractivity contribution >= 4 is 22.2 Å². The number of thiophene rings is 1. The second kappa shape index (κ2) is 6.38. The quantitative estimate of drug-likeness (QED) is 0.875. The summed E-state index contributed by atoms with van der Waals surface area (Å²) in [5, 5.41) is 12.9. The van der Waals surface area contributed by atoms with Gasteiger partial charge in [-0.15, -0.1) is 11.3 Å². The Morgan fingerprint density at radius 1 is 1.50 bits per heavy atom. The Hall–Kier alpha value is -1.38. The minimum atomic E-state index is -0.182. The lowest BCUT2D eigenvalue weighted by Crippen LogP contribution is -2.30. The number of rotatable bonds is 5. The molecule has 1 atom stereocenters. The largest absolute Gasteiger partial charge is 0.330 e. The third kappa shape index (κ3) is 3.02. The first-order valence-electron chi connectivity index (χ1n) is 7.12. The number of nitrogens with two attached hydrogens (primary N) is 1. The molecule has 1 heterocycles. The fraction of sp³-hybridized carbons (Fsp3) is 0.600. The number of fused-ring (bicyclic) bond motifs is 1. The van der Waals surface area contributed by atoms with Gasteiger partial charge in [-0.3, -0.25) is 4.79 Å². The molecule has 1 aliphatic rings. The van der Waals surface area contributed by atoms with Gasteiger partial charge in [0.15, 0.2) is 0 Å². The van der Waals surface area contributed by atoms with Crippen molar-refractivity contribution < 1.29 is 4.79 Å². The molecular weight excluding hydrogens is 270 g/mol. The number of nitriles is 1. The molecule has 3 N–H and O–H groups in total. The molecule has 108 valence electrons. The van der Waals surface area contributed by atoms with Crippen molar-refractivity contribution in [1.29, 1.82) is 5.26 Å². The average Bonchev–Trinajstić information content (AvgIpc) is 2.95. The monoisotopic (exact) mass is 291 g/mol. The maximum Gasteiger partial charge on any atom is 0.229 e. The Bertz CT molecular complexity index is 542. The molecule has 0 radical (unpaired) electrons. The summed E-state index contributed by atoms with van der Waals surface area (Å²) in [5.74, 6) is 0.189. The number of hydrogen-bond acceptors (Lipinski definition) is 4. The highest BCUT2D eigenvalue weighted by Crippen LogP contribution is 2.38. The van der Waals surface area contributed by atoms with Crippen molar-refractivity contribution in [2.24, 2.45) is 17.6 Å². The standard InChI is InChI=1S/C15H21N3OS/c1-9(2)6-10(7-16)14(19)18-15-12(8-17)11-4-3-5-13(11)20-15/h9-10H,3-7,16H2,1-2H3,(H,18,19). The lowest BCUT2D eigenvalue weighted by atomic mass is 9.96. The van der Waals surface area contributed by atoms with Gasteiger partial charge in [0.2, 0.25) is 5.91 Å². The Kier molecular flexibility index (Phi) is 4.79. The van der Waals surface area contributed by atoms with Crippen LogP contribution in [0.25, 0.3) is 0 Å². The second-order valence-electron chi connectivity index (χ2n) is 5.72. The van der Waals surface area contributed by atoms with Crippen LogP contribution < -0.4 is 11.1 Å². The van der Waals surface area contributed by atoms with E-state index in [9.17, 15) is 10.1 Å². The van der Waals surface area contributed by atoms with E-state index in [1.807, 2.05) is 0 Å². The van der Waals surface area contributed by atoms with Gasteiger partial charge in [0.1, 0.15) is 11.1 Å². The number of carbonyl (C=O) groups excluding carboxylic acids is 1. The zero-order valence-corrected chi connectivity index (χ0v) is 12.8. The van der Waals surface area contributed by atoms with Crippen molar-refractivity contribution in [1.82, 2.24) is 0 Å². The average molecular weight is 291 g/mol. The Morgan fingerprint density at radius 3 is 2.85 bits per heavy atom. The fourth-order valence-electron chi connectivity index (χ4n) is 2.70. The molecule has 0 aliphatic heterocycles. The predicted molar refractivity (Wildman–Crippen MR) is 81.7 cm³/mol. The molecule has 0 spiro atoms. The zero-order chi connectivity index (χ0) is 14.7. The molecule has 1 unspecified atom stereocenters. The van der Waals surface area contributed by atoms with Crippen LogP contribution in [0.1, 0.15) is 42.7 Å². The highest BCUT2D eigenvalue weighted by atomic mass is 32.1. The predicted octanol–water partition coefficient (Wildman–Crippen LogP) is 2.67. The van der Waals surface area contributed by atoms with Crippen LogP contribution in [0.5, 0.6) is 0 Å². The lowest BCUT2D eigenvalue weighted by molar-refractivity contribution is -0.120. The van der Waals surface area contributed by atoms with E-state index in [0.29, 0.717) is 23.0 Å². The lowest BCUT2D eigenvalue weighted by Gasteiger charge is -2.16. The van der Waals surface area contributed by atoms with Crippen LogP contribution in [0, 0.1) is 23.2 Å². The number of nitrogens with zero attached hydrogens (tertiary/aromatic N) is 1. The molecular formula is C15H21N3OS. The molecule has 5 heteroatoms. The fourth-order valence-corrected chi connectivity index (χ4v) is 3.95. The Labute approximate surface area is 124 Å². The van der Waals surface area contributed by atoms with Crippen LogP contribution in [0.4, 0.5) is 5.00 Å². The first-order chi connectivity index (χ1) is 9.56. The maximum absolute atomic E-state index is 12.3. The van der Waals surface area contributed by atoms with E-state index in [1.54, 1.807) is 11.3 Å². The highest BCUT2D eigenvalue weighted by molar-refractivity contribution is 7.16. The molecule has 0 saturated heterocycles. The van der Waals surface area contributed by atoms with Crippen LogP contribution in [0.3, 0.4) is 0 Å². The van der Waals surface area contributed by atoms with Gasteiger partial charge in [-0.25, -0.2) is 0 Å². The van der Waals surface area contributed by atoms with E-state index in [4.69, 9.17) is 5.73 Å². The number of anilines is 1. The summed E-state index contributed by atoms with van der Waals surface area (Å²) in [5.41, 5.74) is 7.50. The van der Waals surface area contributed by atoms with Crippen LogP contribution in [-0.2, 0) is 17.6 Å². The van der Waals surface area contributed by atoms with Gasteiger partial charge in [0.25, 0.3) is 0 Å². The summed E-state index contributed by atoms with van der Waals surface area (Å²) in [7, 11) is 0. The number of amides is 1. The van der Waals surface area contributed by atoms with Crippen LogP contribution in [-0.4, -0.2) is 12.5 Å². The smallest absolute Gasteiger partial charge is 0.229 e. The third-order valence-corrected chi connectivity index (χ3v) is 4.89. The summed E-state index contributed by atoms with van der Waals surface area (Å²) in [6.07, 6.45) is 3.87. The van der Waals surface area contributed by atoms with Gasteiger partial charge in [-0.1, -0.05) is 13.8 Å². The van der Waals surface area contributed by atoms with Gasteiger partial charge >= 0.3 is 0 Å². The minimum Gasteiger partial charge on any atom is -0.330 e. The van der Waals surface area contributed by atoms with E-state index in [-0.39, 0.29) is 11.8 Å². The van der Waals surface area contributed by atoms with Gasteiger partial charge in [-0.2, -0.15) is 5.26 Å². The van der Waals surface area contributed by atoms with Crippen molar-refractivity contribution in [3.8, 4) is 6.07 Å². The minimum absolute atomic E-state index is 0.0578. The number of aryl methyl sites for hydroxylation is 1. The summed E-state index contributed by atoms with van der Waals surface area (Å²) in [6, 6.07) is 2.24. The van der Waals surface area contributed by atoms with E-state index < -0.39 is 0 Å². The van der Waals surface area contributed by atoms with E-state index in [2.05, 4.69) is 25.2 Å². The number of hydrogen-bond donors (Lipinski definition) is 2. The van der Waals surface area contributed by atoms with E-state index >= 15 is 0 Å². The molecule has 1 aromatic heterocycles. The number of nitrogens with one attached hydrogen (secondary N) is 1. The number of carbonyl (C=O) groups is 1. The van der Waals surface area contributed by atoms with Crippen LogP contribution in [0.2, 0.25) is 0 Å². The van der Waals surface area contributed by atoms with Crippen LogP contribution >= 0.6 is 11.3 Å². The summed E-state index contributed by atoms with van der Waals surface area (Å²) in [6.45, 7) is 4.50. The maximum atomic E-state index is 12.3. The first-order valence-corrected chi connectivity index (χ1v) is 7.94. The third-order valence-electron chi connectivity index (χ3n) is 3.68. The SMILES string of the molecule is CC(C)CC(CN)C(=O)Nc1sc2c(c1C#N)CCC2. The molecule has 4 nitrogen and oxygen atoms in total. The van der Waals surface area contributed by atoms with Crippen molar-refractivity contribution in [2.45, 2.75) is 39.5 Å². The van der Waals surface area contributed by atoms with Crippen molar-refractivity contribution in [3.63, 3.8) is 0 Å². The van der Waals surface area contributed by atoms with Gasteiger partial charge < -0.3 is 11.1 Å². The molecule has 0 saturated carbocycles. The molecule has 1 aromatic rings. The molecule has 0 aromatic carbocycles. The molecule has 0 bridgehead atoms. The van der Waals surface area contributed by atoms with Crippen LogP contribution in [0.15, 0.2) is 0 Å². The molecule has 1 amide bonds. The zero-order valence-electron chi connectivity index (χ0n) is 12.0. The summed E-state index contributed by atoms with van der Waals surface area (Å²) >= 11 is 1.55. The molecule has 2 rings (SSSR count). The summed E-state index contributed by atoms with van der Waals surface area (Å²) in [4.78, 5) is 13.5. The van der Waals surface area contributed by atoms with Crippen molar-refractivity contribution in [2.75, 3.05) is 11.9 Å². The molecule has 20 heavy (non-hydrogen) atoms. The highest BCUT2D eigenvalue weighted by Gasteiger charge is 2.25. The molecule has 1 aliphatic carbocycles. The van der Waals surface area contributed by atoms with Gasteiger partial charge in [-0.05, 0) is 37.2 Å². The van der Waals surface area contributed by atoms with Gasteiger partial charge in [0, 0.05) is 11.4 Å². The van der Waals surface area contributed by atoms with E-state index in [0.717, 1.165) is 31.2 Å². The Balaban J connectivity index is 2.14. The van der Waals surface area contributed by atoms with Crippen molar-refractivity contribution in [3.05, 3.63) is 16.0 Å².